The number of rotatable bonds is 5. The van der Waals surface area contributed by atoms with Crippen LogP contribution in [0.4, 0.5) is 5.82 Å². The first kappa shape index (κ1) is 12.7. The first-order valence-electron chi connectivity index (χ1n) is 4.86. The third-order valence-corrected chi connectivity index (χ3v) is 2.66. The SMILES string of the molecule is CCCN(CCO)c1ncc(Br)cc1Cl. The van der Waals surface area contributed by atoms with Gasteiger partial charge in [-0.15, -0.1) is 0 Å². The summed E-state index contributed by atoms with van der Waals surface area (Å²) in [5.41, 5.74) is 0. The number of nitrogens with zero attached hydrogens (tertiary/aromatic N) is 2. The maximum Gasteiger partial charge on any atom is 0.147 e. The zero-order valence-corrected chi connectivity index (χ0v) is 10.9. The van der Waals surface area contributed by atoms with Crippen LogP contribution in [0.3, 0.4) is 0 Å². The van der Waals surface area contributed by atoms with Crippen molar-refractivity contribution in [3.8, 4) is 0 Å². The van der Waals surface area contributed by atoms with Crippen molar-refractivity contribution in [3.05, 3.63) is 21.8 Å². The molecule has 0 bridgehead atoms. The summed E-state index contributed by atoms with van der Waals surface area (Å²) in [4.78, 5) is 6.23. The molecule has 0 aliphatic rings. The van der Waals surface area contributed by atoms with E-state index >= 15 is 0 Å². The Morgan fingerprint density at radius 2 is 2.27 bits per heavy atom. The molecule has 0 atom stereocenters. The van der Waals surface area contributed by atoms with Gasteiger partial charge in [0.1, 0.15) is 5.82 Å². The van der Waals surface area contributed by atoms with E-state index in [4.69, 9.17) is 16.7 Å². The van der Waals surface area contributed by atoms with Gasteiger partial charge in [0.05, 0.1) is 11.6 Å². The number of hydrogen-bond donors (Lipinski definition) is 1. The highest BCUT2D eigenvalue weighted by Gasteiger charge is 2.10. The molecule has 1 heterocycles. The van der Waals surface area contributed by atoms with Gasteiger partial charge in [-0.25, -0.2) is 4.98 Å². The first-order chi connectivity index (χ1) is 7.19. The van der Waals surface area contributed by atoms with Gasteiger partial charge < -0.3 is 10.0 Å². The summed E-state index contributed by atoms with van der Waals surface area (Å²) >= 11 is 9.39. The van der Waals surface area contributed by atoms with E-state index in [0.29, 0.717) is 11.6 Å². The van der Waals surface area contributed by atoms with Crippen LogP contribution in [0.25, 0.3) is 0 Å². The quantitative estimate of drug-likeness (QED) is 0.907. The predicted molar refractivity (Wildman–Crippen MR) is 66.5 cm³/mol. The molecule has 0 fully saturated rings. The molecule has 84 valence electrons. The van der Waals surface area contributed by atoms with Crippen molar-refractivity contribution >= 4 is 33.3 Å². The van der Waals surface area contributed by atoms with E-state index < -0.39 is 0 Å². The Hall–Kier alpha value is -0.320. The van der Waals surface area contributed by atoms with Crippen LogP contribution in [0.15, 0.2) is 16.7 Å². The number of pyridine rings is 1. The van der Waals surface area contributed by atoms with Crippen LogP contribution in [0, 0.1) is 0 Å². The number of hydrogen-bond acceptors (Lipinski definition) is 3. The minimum Gasteiger partial charge on any atom is -0.395 e. The van der Waals surface area contributed by atoms with E-state index in [1.165, 1.54) is 0 Å². The predicted octanol–water partition coefficient (Wildman–Crippen LogP) is 2.71. The molecule has 0 spiro atoms. The monoisotopic (exact) mass is 292 g/mol. The fraction of sp³-hybridized carbons (Fsp3) is 0.500. The standard InChI is InChI=1S/C10H14BrClN2O/c1-2-3-14(4-5-15)10-9(12)6-8(11)7-13-10/h6-7,15H,2-5H2,1H3. The molecule has 15 heavy (non-hydrogen) atoms. The minimum absolute atomic E-state index is 0.105. The summed E-state index contributed by atoms with van der Waals surface area (Å²) in [6.07, 6.45) is 2.70. The third-order valence-electron chi connectivity index (χ3n) is 1.95. The second-order valence-electron chi connectivity index (χ2n) is 3.17. The van der Waals surface area contributed by atoms with Crippen LogP contribution in [-0.2, 0) is 0 Å². The Bertz CT molecular complexity index is 316. The van der Waals surface area contributed by atoms with Crippen LogP contribution < -0.4 is 4.90 Å². The average molecular weight is 294 g/mol. The molecule has 0 aliphatic heterocycles. The lowest BCUT2D eigenvalue weighted by molar-refractivity contribution is 0.301. The van der Waals surface area contributed by atoms with Crippen LogP contribution in [0.1, 0.15) is 13.3 Å². The third kappa shape index (κ3) is 3.63. The van der Waals surface area contributed by atoms with Crippen LogP contribution in [0.5, 0.6) is 0 Å². The summed E-state index contributed by atoms with van der Waals surface area (Å²) in [7, 11) is 0. The highest BCUT2D eigenvalue weighted by molar-refractivity contribution is 9.10. The van der Waals surface area contributed by atoms with Crippen molar-refractivity contribution in [2.45, 2.75) is 13.3 Å². The molecule has 0 amide bonds. The second kappa shape index (κ2) is 6.30. The molecule has 3 nitrogen and oxygen atoms in total. The van der Waals surface area contributed by atoms with E-state index in [1.54, 1.807) is 6.20 Å². The van der Waals surface area contributed by atoms with Crippen molar-refractivity contribution in [1.82, 2.24) is 4.98 Å². The molecule has 1 rings (SSSR count). The maximum atomic E-state index is 8.95. The summed E-state index contributed by atoms with van der Waals surface area (Å²) in [5.74, 6) is 0.732. The largest absolute Gasteiger partial charge is 0.395 e. The van der Waals surface area contributed by atoms with Gasteiger partial charge in [-0.1, -0.05) is 18.5 Å². The lowest BCUT2D eigenvalue weighted by atomic mass is 10.3. The van der Waals surface area contributed by atoms with E-state index in [9.17, 15) is 0 Å². The van der Waals surface area contributed by atoms with Gasteiger partial charge in [0.25, 0.3) is 0 Å². The van der Waals surface area contributed by atoms with Gasteiger partial charge in [0.15, 0.2) is 0 Å². The topological polar surface area (TPSA) is 36.4 Å². The van der Waals surface area contributed by atoms with Crippen LogP contribution in [-0.4, -0.2) is 29.8 Å². The molecule has 1 aromatic rings. The van der Waals surface area contributed by atoms with Crippen LogP contribution in [0.2, 0.25) is 5.02 Å². The molecule has 0 aliphatic carbocycles. The normalized spacial score (nSPS) is 10.4. The summed E-state index contributed by atoms with van der Waals surface area (Å²) in [5, 5.41) is 9.55. The Morgan fingerprint density at radius 1 is 1.53 bits per heavy atom. The van der Waals surface area contributed by atoms with Crippen molar-refractivity contribution < 1.29 is 5.11 Å². The van der Waals surface area contributed by atoms with Crippen molar-refractivity contribution in [1.29, 1.82) is 0 Å². The Morgan fingerprint density at radius 3 is 2.80 bits per heavy atom. The maximum absolute atomic E-state index is 8.95. The Labute approximate surface area is 103 Å². The molecule has 0 saturated heterocycles. The lowest BCUT2D eigenvalue weighted by Gasteiger charge is -2.23. The number of aliphatic hydroxyl groups excluding tert-OH is 1. The van der Waals surface area contributed by atoms with E-state index in [-0.39, 0.29) is 6.61 Å². The zero-order chi connectivity index (χ0) is 11.3. The van der Waals surface area contributed by atoms with Gasteiger partial charge in [-0.05, 0) is 28.4 Å². The van der Waals surface area contributed by atoms with Crippen molar-refractivity contribution in [2.24, 2.45) is 0 Å². The van der Waals surface area contributed by atoms with Gasteiger partial charge in [0, 0.05) is 23.8 Å². The summed E-state index contributed by atoms with van der Waals surface area (Å²) in [6, 6.07) is 1.81. The summed E-state index contributed by atoms with van der Waals surface area (Å²) in [6.45, 7) is 3.59. The number of halogens is 2. The van der Waals surface area contributed by atoms with E-state index in [2.05, 4.69) is 27.8 Å². The molecular weight excluding hydrogens is 279 g/mol. The average Bonchev–Trinajstić information content (AvgIpc) is 2.17. The Kier molecular flexibility index (Phi) is 5.36. The second-order valence-corrected chi connectivity index (χ2v) is 4.49. The number of anilines is 1. The van der Waals surface area contributed by atoms with Gasteiger partial charge in [0.2, 0.25) is 0 Å². The smallest absolute Gasteiger partial charge is 0.147 e. The fourth-order valence-electron chi connectivity index (χ4n) is 1.35. The molecule has 1 aromatic heterocycles. The molecule has 5 heteroatoms. The molecular formula is C10H14BrClN2O. The molecule has 0 aromatic carbocycles. The lowest BCUT2D eigenvalue weighted by Crippen LogP contribution is -2.28. The van der Waals surface area contributed by atoms with E-state index in [0.717, 1.165) is 23.3 Å². The van der Waals surface area contributed by atoms with Crippen molar-refractivity contribution in [2.75, 3.05) is 24.6 Å². The van der Waals surface area contributed by atoms with Crippen molar-refractivity contribution in [3.63, 3.8) is 0 Å². The number of aromatic nitrogens is 1. The summed E-state index contributed by atoms with van der Waals surface area (Å²) < 4.78 is 0.858. The van der Waals surface area contributed by atoms with Gasteiger partial charge >= 0.3 is 0 Å². The number of aliphatic hydroxyl groups is 1. The van der Waals surface area contributed by atoms with Gasteiger partial charge in [-0.3, -0.25) is 0 Å². The Balaban J connectivity index is 2.89. The fourth-order valence-corrected chi connectivity index (χ4v) is 2.10. The van der Waals surface area contributed by atoms with E-state index in [1.807, 2.05) is 11.0 Å². The molecule has 0 saturated carbocycles. The van der Waals surface area contributed by atoms with Gasteiger partial charge in [-0.2, -0.15) is 0 Å². The first-order valence-corrected chi connectivity index (χ1v) is 6.03. The van der Waals surface area contributed by atoms with Crippen LogP contribution >= 0.6 is 27.5 Å². The highest BCUT2D eigenvalue weighted by atomic mass is 79.9. The highest BCUT2D eigenvalue weighted by Crippen LogP contribution is 2.26. The molecule has 0 unspecified atom stereocenters. The molecule has 0 radical (unpaired) electrons. The zero-order valence-electron chi connectivity index (χ0n) is 8.58. The minimum atomic E-state index is 0.105. The molecule has 1 N–H and O–H groups in total.